The number of phosphoric ester groups is 1. The number of hydrogen-bond donors (Lipinski definition) is 9. The van der Waals surface area contributed by atoms with Gasteiger partial charge in [-0.05, 0) is 30.3 Å². The maximum absolute atomic E-state index is 12.9. The molecule has 1 unspecified atom stereocenters. The van der Waals surface area contributed by atoms with E-state index in [4.69, 9.17) is 36.5 Å². The molecule has 288 valence electrons. The molecule has 2 aromatic carbocycles. The minimum atomic E-state index is -5.43. The van der Waals surface area contributed by atoms with Crippen molar-refractivity contribution >= 4 is 77.8 Å². The van der Waals surface area contributed by atoms with E-state index in [-0.39, 0.29) is 42.4 Å². The van der Waals surface area contributed by atoms with Crippen molar-refractivity contribution in [1.29, 1.82) is 0 Å². The van der Waals surface area contributed by atoms with Crippen LogP contribution in [0.25, 0.3) is 33.0 Å². The number of carbonyl (C=O) groups is 2. The molecule has 54 heavy (non-hydrogen) atoms. The number of aliphatic hydroxyl groups excluding tert-OH is 1. The normalized spacial score (nSPS) is 19.9. The van der Waals surface area contributed by atoms with Gasteiger partial charge in [0.05, 0.1) is 12.9 Å². The van der Waals surface area contributed by atoms with Crippen LogP contribution < -0.4 is 32.4 Å². The van der Waals surface area contributed by atoms with Crippen LogP contribution in [0.3, 0.4) is 0 Å². The van der Waals surface area contributed by atoms with Crippen molar-refractivity contribution in [2.45, 2.75) is 43.9 Å². The highest BCUT2D eigenvalue weighted by atomic mass is 31.3. The van der Waals surface area contributed by atoms with Crippen LogP contribution in [0.2, 0.25) is 0 Å². The van der Waals surface area contributed by atoms with E-state index in [0.29, 0.717) is 24.3 Å². The first-order chi connectivity index (χ1) is 25.6. The van der Waals surface area contributed by atoms with Gasteiger partial charge in [0, 0.05) is 60.2 Å². The molecule has 24 heteroatoms. The lowest BCUT2D eigenvalue weighted by molar-refractivity contribution is -0.645. The number of rotatable bonds is 14. The van der Waals surface area contributed by atoms with Gasteiger partial charge in [-0.3, -0.25) is 13.9 Å². The van der Waals surface area contributed by atoms with E-state index in [1.807, 2.05) is 42.5 Å². The van der Waals surface area contributed by atoms with Crippen molar-refractivity contribution in [2.24, 2.45) is 0 Å². The molecule has 5 aromatic rings. The first-order valence-electron chi connectivity index (χ1n) is 16.2. The van der Waals surface area contributed by atoms with Gasteiger partial charge in [-0.1, -0.05) is 0 Å². The number of hydrogen-bond acceptors (Lipinski definition) is 15. The molecule has 0 aliphatic carbocycles. The van der Waals surface area contributed by atoms with Crippen molar-refractivity contribution < 1.29 is 61.4 Å². The molecule has 0 spiro atoms. The van der Waals surface area contributed by atoms with E-state index in [0.717, 1.165) is 28.1 Å². The van der Waals surface area contributed by atoms with Crippen molar-refractivity contribution in [3.05, 3.63) is 55.1 Å². The molecule has 12 N–H and O–H groups in total. The third-order valence-corrected chi connectivity index (χ3v) is 10.5. The number of nitrogen functional groups attached to an aromatic ring is 3. The van der Waals surface area contributed by atoms with Gasteiger partial charge >= 0.3 is 21.7 Å². The third kappa shape index (κ3) is 9.01. The second-order valence-electron chi connectivity index (χ2n) is 12.2. The van der Waals surface area contributed by atoms with Crippen molar-refractivity contribution in [3.8, 4) is 0 Å². The number of aliphatic hydroxyl groups is 1. The number of aryl methyl sites for hydroxylation is 1. The van der Waals surface area contributed by atoms with E-state index in [2.05, 4.69) is 39.0 Å². The SMILES string of the molecule is Nc1ccc2cc3ccc(N)cc3[n+](CCCC(=O)NCCNC(=O)O[C@@H]3[C@H](O)[C@@H](COP(=O)(O)OP(=O)(O)O)O[C@H]3n3cnc4c(N)ncnc43)c2c1. The van der Waals surface area contributed by atoms with Gasteiger partial charge in [0.25, 0.3) is 0 Å². The fourth-order valence-corrected chi connectivity index (χ4v) is 7.58. The van der Waals surface area contributed by atoms with Gasteiger partial charge in [-0.25, -0.2) is 28.9 Å². The number of amides is 2. The Labute approximate surface area is 305 Å². The van der Waals surface area contributed by atoms with Gasteiger partial charge in [-0.15, -0.1) is 0 Å². The predicted octanol–water partition coefficient (Wildman–Crippen LogP) is 0.343. The minimum absolute atomic E-state index is 0.0152. The lowest BCUT2D eigenvalue weighted by atomic mass is 10.1. The van der Waals surface area contributed by atoms with Crippen molar-refractivity contribution in [2.75, 3.05) is 36.9 Å². The topological polar surface area (TPSA) is 336 Å². The first-order valence-corrected chi connectivity index (χ1v) is 19.2. The zero-order chi connectivity index (χ0) is 38.8. The highest BCUT2D eigenvalue weighted by Gasteiger charge is 2.49. The molecule has 0 bridgehead atoms. The second-order valence-corrected chi connectivity index (χ2v) is 15.0. The largest absolute Gasteiger partial charge is 0.481 e. The first kappa shape index (κ1) is 38.7. The number of nitrogens with one attached hydrogen (secondary N) is 2. The number of anilines is 3. The van der Waals surface area contributed by atoms with Crippen LogP contribution in [-0.4, -0.2) is 89.3 Å². The van der Waals surface area contributed by atoms with Crippen LogP contribution in [0.5, 0.6) is 0 Å². The summed E-state index contributed by atoms with van der Waals surface area (Å²) in [6, 6.07) is 13.3. The van der Waals surface area contributed by atoms with Crippen molar-refractivity contribution in [1.82, 2.24) is 30.2 Å². The standard InChI is InChI=1S/C30H36N10O12P2/c31-18-5-3-16-10-17-4-6-19(32)12-21(17)39(20(16)11-18)9-1-2-23(41)34-7-8-35-30(43)51-26-25(42)22(13-49-54(47,48)52-53(44,45)46)50-29(26)40-15-38-24-27(33)36-14-37-28(24)40/h3-6,10-12,14-15,22,25-26,29,42H,1-2,7-9,13H2,(H10,31,32,33,34,35,36,37,41,43,44,45,46,47,48)/p+1/t22-,25-,26-,29-/m1/s1. The molecule has 1 aliphatic rings. The summed E-state index contributed by atoms with van der Waals surface area (Å²) in [6.07, 6.45) is -4.12. The van der Waals surface area contributed by atoms with Gasteiger partial charge in [0.15, 0.2) is 23.8 Å². The Balaban J connectivity index is 1.04. The Hall–Kier alpha value is -5.02. The van der Waals surface area contributed by atoms with E-state index in [1.165, 1.54) is 10.9 Å². The van der Waals surface area contributed by atoms with Crippen LogP contribution in [0.1, 0.15) is 19.1 Å². The molecular formula is C30H37N10O12P2+. The van der Waals surface area contributed by atoms with Gasteiger partial charge < -0.3 is 57.1 Å². The summed E-state index contributed by atoms with van der Waals surface area (Å²) in [5.74, 6) is -0.254. The fraction of sp³-hybridized carbons (Fsp3) is 0.333. The number of alkyl carbamates (subject to hydrolysis) is 1. The average Bonchev–Trinajstić information content (AvgIpc) is 3.66. The van der Waals surface area contributed by atoms with Crippen LogP contribution in [0.4, 0.5) is 22.0 Å². The Bertz CT molecular complexity index is 2250. The summed E-state index contributed by atoms with van der Waals surface area (Å²) in [4.78, 5) is 65.1. The number of nitrogens with zero attached hydrogens (tertiary/aromatic N) is 5. The molecule has 0 radical (unpaired) electrons. The lowest BCUT2D eigenvalue weighted by Gasteiger charge is -2.22. The zero-order valence-electron chi connectivity index (χ0n) is 28.2. The van der Waals surface area contributed by atoms with E-state index in [1.54, 1.807) is 0 Å². The predicted molar refractivity (Wildman–Crippen MR) is 190 cm³/mol. The quantitative estimate of drug-likeness (QED) is 0.0241. The molecule has 22 nitrogen and oxygen atoms in total. The van der Waals surface area contributed by atoms with Gasteiger partial charge in [-0.2, -0.15) is 8.88 Å². The highest BCUT2D eigenvalue weighted by Crippen LogP contribution is 2.57. The number of nitrogens with two attached hydrogens (primary N) is 3. The summed E-state index contributed by atoms with van der Waals surface area (Å²) in [6.45, 7) is -0.476. The monoisotopic (exact) mass is 791 g/mol. The lowest BCUT2D eigenvalue weighted by Crippen LogP contribution is -2.41. The Morgan fingerprint density at radius 2 is 1.61 bits per heavy atom. The number of phosphoric acid groups is 2. The third-order valence-electron chi connectivity index (χ3n) is 8.33. The van der Waals surface area contributed by atoms with Gasteiger partial charge in [0.2, 0.25) is 16.9 Å². The second kappa shape index (κ2) is 15.8. The summed E-state index contributed by atoms with van der Waals surface area (Å²) in [7, 11) is -10.7. The molecular weight excluding hydrogens is 754 g/mol. The minimum Gasteiger partial charge on any atom is -0.439 e. The summed E-state index contributed by atoms with van der Waals surface area (Å²) >= 11 is 0. The molecule has 0 saturated carbocycles. The van der Waals surface area contributed by atoms with Crippen LogP contribution in [-0.2, 0) is 38.8 Å². The van der Waals surface area contributed by atoms with Crippen molar-refractivity contribution in [3.63, 3.8) is 0 Å². The summed E-state index contributed by atoms with van der Waals surface area (Å²) < 4.78 is 46.0. The number of benzene rings is 2. The van der Waals surface area contributed by atoms with Crippen LogP contribution in [0.15, 0.2) is 55.1 Å². The van der Waals surface area contributed by atoms with Crippen LogP contribution >= 0.6 is 15.6 Å². The summed E-state index contributed by atoms with van der Waals surface area (Å²) in [5, 5.41) is 18.2. The van der Waals surface area contributed by atoms with E-state index in [9.17, 15) is 28.7 Å². The number of carbonyl (C=O) groups excluding carboxylic acids is 2. The smallest absolute Gasteiger partial charge is 0.439 e. The Kier molecular flexibility index (Phi) is 11.3. The molecule has 5 atom stereocenters. The van der Waals surface area contributed by atoms with E-state index < -0.39 is 52.9 Å². The summed E-state index contributed by atoms with van der Waals surface area (Å²) in [5.41, 5.74) is 21.3. The molecule has 2 amide bonds. The molecule has 4 heterocycles. The number of imidazole rings is 1. The zero-order valence-corrected chi connectivity index (χ0v) is 30.0. The number of pyridine rings is 1. The maximum Gasteiger partial charge on any atom is 0.481 e. The molecule has 3 aromatic heterocycles. The Morgan fingerprint density at radius 3 is 2.28 bits per heavy atom. The number of ether oxygens (including phenoxy) is 2. The maximum atomic E-state index is 12.9. The number of aromatic nitrogens is 5. The fourth-order valence-electron chi connectivity index (χ4n) is 5.98. The highest BCUT2D eigenvalue weighted by molar-refractivity contribution is 7.60. The molecule has 1 aliphatic heterocycles. The van der Waals surface area contributed by atoms with E-state index >= 15 is 0 Å². The molecule has 1 saturated heterocycles. The average molecular weight is 792 g/mol. The number of fused-ring (bicyclic) bond motifs is 3. The molecule has 1 fully saturated rings. The van der Waals surface area contributed by atoms with Crippen LogP contribution in [0, 0.1) is 0 Å². The van der Waals surface area contributed by atoms with Gasteiger partial charge in [0.1, 0.15) is 30.6 Å². The Morgan fingerprint density at radius 1 is 0.944 bits per heavy atom. The molecule has 6 rings (SSSR count).